The summed E-state index contributed by atoms with van der Waals surface area (Å²) < 4.78 is 28.6. The first-order valence-electron chi connectivity index (χ1n) is 10.3. The van der Waals surface area contributed by atoms with Crippen molar-refractivity contribution in [3.8, 4) is 0 Å². The van der Waals surface area contributed by atoms with Crippen LogP contribution in [0.5, 0.6) is 0 Å². The van der Waals surface area contributed by atoms with E-state index in [1.54, 1.807) is 54.6 Å². The average molecular weight is 458 g/mol. The van der Waals surface area contributed by atoms with Gasteiger partial charge in [-0.2, -0.15) is 17.9 Å². The molecule has 0 radical (unpaired) electrons. The molecule has 0 unspecified atom stereocenters. The minimum absolute atomic E-state index is 0.113. The van der Waals surface area contributed by atoms with Crippen LogP contribution >= 0.6 is 0 Å². The van der Waals surface area contributed by atoms with Gasteiger partial charge in [0.15, 0.2) is 0 Å². The van der Waals surface area contributed by atoms with E-state index in [0.29, 0.717) is 11.3 Å². The molecule has 0 saturated heterocycles. The minimum atomic E-state index is -4.07. The zero-order valence-corrected chi connectivity index (χ0v) is 19.1. The van der Waals surface area contributed by atoms with Crippen LogP contribution in [0.25, 0.3) is 10.8 Å². The summed E-state index contributed by atoms with van der Waals surface area (Å²) in [6.45, 7) is 3.76. The van der Waals surface area contributed by atoms with Gasteiger partial charge in [0, 0.05) is 11.1 Å². The lowest BCUT2D eigenvalue weighted by molar-refractivity contribution is 0.1000. The van der Waals surface area contributed by atoms with Crippen molar-refractivity contribution in [3.63, 3.8) is 0 Å². The normalized spacial score (nSPS) is 11.7. The standard InChI is InChI=1S/C26H23N3O3S/c1-18-8-7-13-25(19(18)2)29(28-17-22-11-5-6-12-24(22)26(27)30)33(31,32)23-15-14-20-9-3-4-10-21(20)16-23/h3-17H,1-2H3,(H2,27,30)/b28-17+. The van der Waals surface area contributed by atoms with E-state index < -0.39 is 15.9 Å². The summed E-state index contributed by atoms with van der Waals surface area (Å²) >= 11 is 0. The third-order valence-electron chi connectivity index (χ3n) is 5.56. The number of anilines is 1. The second-order valence-electron chi connectivity index (χ2n) is 7.67. The molecule has 7 heteroatoms. The summed E-state index contributed by atoms with van der Waals surface area (Å²) in [7, 11) is -4.07. The van der Waals surface area contributed by atoms with Gasteiger partial charge in [-0.15, -0.1) is 0 Å². The van der Waals surface area contributed by atoms with Crippen LogP contribution in [0.4, 0.5) is 5.69 Å². The third kappa shape index (κ3) is 4.36. The molecule has 166 valence electrons. The lowest BCUT2D eigenvalue weighted by atomic mass is 10.1. The largest absolute Gasteiger partial charge is 0.366 e. The van der Waals surface area contributed by atoms with Crippen molar-refractivity contribution in [2.24, 2.45) is 10.8 Å². The first-order chi connectivity index (χ1) is 15.8. The number of benzene rings is 4. The second kappa shape index (κ2) is 8.88. The van der Waals surface area contributed by atoms with Gasteiger partial charge in [-0.1, -0.05) is 60.7 Å². The molecule has 0 heterocycles. The Labute approximate surface area is 193 Å². The molecule has 33 heavy (non-hydrogen) atoms. The predicted molar refractivity (Wildman–Crippen MR) is 132 cm³/mol. The van der Waals surface area contributed by atoms with Crippen LogP contribution in [0.15, 0.2) is 94.9 Å². The molecule has 0 bridgehead atoms. The van der Waals surface area contributed by atoms with Gasteiger partial charge in [0.2, 0.25) is 5.91 Å². The topological polar surface area (TPSA) is 92.8 Å². The molecule has 0 aliphatic heterocycles. The summed E-state index contributed by atoms with van der Waals surface area (Å²) in [4.78, 5) is 11.9. The number of hydrazone groups is 1. The van der Waals surface area contributed by atoms with Crippen molar-refractivity contribution in [2.45, 2.75) is 18.7 Å². The van der Waals surface area contributed by atoms with Crippen LogP contribution in [0, 0.1) is 13.8 Å². The highest BCUT2D eigenvalue weighted by molar-refractivity contribution is 7.92. The number of rotatable bonds is 6. The van der Waals surface area contributed by atoms with E-state index in [1.807, 2.05) is 44.2 Å². The fraction of sp³-hybridized carbons (Fsp3) is 0.0769. The molecule has 0 fully saturated rings. The Morgan fingerprint density at radius 1 is 0.879 bits per heavy atom. The minimum Gasteiger partial charge on any atom is -0.366 e. The smallest absolute Gasteiger partial charge is 0.283 e. The number of nitrogens with two attached hydrogens (primary N) is 1. The number of sulfonamides is 1. The maximum absolute atomic E-state index is 13.8. The molecule has 4 aromatic rings. The number of nitrogens with zero attached hydrogens (tertiary/aromatic N) is 2. The molecule has 2 N–H and O–H groups in total. The molecule has 0 aliphatic carbocycles. The van der Waals surface area contributed by atoms with Gasteiger partial charge in [0.05, 0.1) is 16.8 Å². The average Bonchev–Trinajstić information content (AvgIpc) is 2.81. The quantitative estimate of drug-likeness (QED) is 0.333. The SMILES string of the molecule is Cc1cccc(N(/N=C/c2ccccc2C(N)=O)S(=O)(=O)c2ccc3ccccc3c2)c1C. The number of primary amides is 1. The fourth-order valence-corrected chi connectivity index (χ4v) is 4.92. The van der Waals surface area contributed by atoms with Gasteiger partial charge in [-0.05, 0) is 60.0 Å². The van der Waals surface area contributed by atoms with Crippen molar-refractivity contribution in [3.05, 3.63) is 107 Å². The Hall–Kier alpha value is -3.97. The molecule has 0 atom stereocenters. The highest BCUT2D eigenvalue weighted by atomic mass is 32.2. The van der Waals surface area contributed by atoms with Crippen molar-refractivity contribution in [1.29, 1.82) is 0 Å². The predicted octanol–water partition coefficient (Wildman–Crippen LogP) is 4.78. The van der Waals surface area contributed by atoms with E-state index in [0.717, 1.165) is 26.3 Å². The zero-order valence-electron chi connectivity index (χ0n) is 18.3. The second-order valence-corrected chi connectivity index (χ2v) is 9.44. The fourth-order valence-electron chi connectivity index (χ4n) is 3.57. The van der Waals surface area contributed by atoms with Crippen molar-refractivity contribution in [1.82, 2.24) is 0 Å². The van der Waals surface area contributed by atoms with Gasteiger partial charge in [0.25, 0.3) is 10.0 Å². The molecule has 6 nitrogen and oxygen atoms in total. The molecule has 1 amide bonds. The van der Waals surface area contributed by atoms with E-state index in [1.165, 1.54) is 6.21 Å². The summed E-state index contributed by atoms with van der Waals surface area (Å²) in [5, 5.41) is 6.10. The summed E-state index contributed by atoms with van der Waals surface area (Å²) in [6.07, 6.45) is 1.35. The maximum atomic E-state index is 13.8. The summed E-state index contributed by atoms with van der Waals surface area (Å²) in [6, 6.07) is 24.6. The molecule has 4 aromatic carbocycles. The van der Waals surface area contributed by atoms with Gasteiger partial charge in [-0.3, -0.25) is 4.79 Å². The number of fused-ring (bicyclic) bond motifs is 1. The van der Waals surface area contributed by atoms with Crippen LogP contribution in [0.1, 0.15) is 27.0 Å². The summed E-state index contributed by atoms with van der Waals surface area (Å²) in [5.74, 6) is -0.618. The Morgan fingerprint density at radius 3 is 2.33 bits per heavy atom. The number of hydrogen-bond donors (Lipinski definition) is 1. The van der Waals surface area contributed by atoms with Crippen LogP contribution < -0.4 is 10.1 Å². The molecule has 0 spiro atoms. The Kier molecular flexibility index (Phi) is 5.98. The van der Waals surface area contributed by atoms with Crippen molar-refractivity contribution in [2.75, 3.05) is 4.41 Å². The molecular weight excluding hydrogens is 434 g/mol. The highest BCUT2D eigenvalue weighted by Crippen LogP contribution is 2.30. The summed E-state index contributed by atoms with van der Waals surface area (Å²) in [5.41, 5.74) is 8.29. The van der Waals surface area contributed by atoms with E-state index in [2.05, 4.69) is 5.10 Å². The number of hydrogen-bond acceptors (Lipinski definition) is 4. The van der Waals surface area contributed by atoms with Crippen LogP contribution in [-0.4, -0.2) is 20.5 Å². The van der Waals surface area contributed by atoms with Gasteiger partial charge >= 0.3 is 0 Å². The molecule has 0 aliphatic rings. The van der Waals surface area contributed by atoms with Gasteiger partial charge < -0.3 is 5.73 Å². The van der Waals surface area contributed by atoms with E-state index in [4.69, 9.17) is 5.73 Å². The van der Waals surface area contributed by atoms with Gasteiger partial charge in [-0.25, -0.2) is 0 Å². The van der Waals surface area contributed by atoms with Crippen LogP contribution in [0.2, 0.25) is 0 Å². The Morgan fingerprint density at radius 2 is 1.58 bits per heavy atom. The number of aryl methyl sites for hydroxylation is 1. The molecule has 4 rings (SSSR count). The first kappa shape index (κ1) is 22.2. The van der Waals surface area contributed by atoms with E-state index >= 15 is 0 Å². The lowest BCUT2D eigenvalue weighted by Crippen LogP contribution is -2.27. The highest BCUT2D eigenvalue weighted by Gasteiger charge is 2.27. The number of carbonyl (C=O) groups is 1. The van der Waals surface area contributed by atoms with Crippen LogP contribution in [0.3, 0.4) is 0 Å². The lowest BCUT2D eigenvalue weighted by Gasteiger charge is -2.22. The Balaban J connectivity index is 1.89. The number of carbonyl (C=O) groups excluding carboxylic acids is 1. The molecule has 0 saturated carbocycles. The molecular formula is C26H23N3O3S. The zero-order chi connectivity index (χ0) is 23.6. The van der Waals surface area contributed by atoms with E-state index in [9.17, 15) is 13.2 Å². The first-order valence-corrected chi connectivity index (χ1v) is 11.8. The monoisotopic (exact) mass is 457 g/mol. The Bertz CT molecular complexity index is 1490. The van der Waals surface area contributed by atoms with Crippen molar-refractivity contribution < 1.29 is 13.2 Å². The van der Waals surface area contributed by atoms with Crippen molar-refractivity contribution >= 4 is 38.6 Å². The number of amides is 1. The van der Waals surface area contributed by atoms with Crippen LogP contribution in [-0.2, 0) is 10.0 Å². The van der Waals surface area contributed by atoms with Gasteiger partial charge in [0.1, 0.15) is 0 Å². The maximum Gasteiger partial charge on any atom is 0.283 e. The third-order valence-corrected chi connectivity index (χ3v) is 7.15. The molecule has 0 aromatic heterocycles. The van der Waals surface area contributed by atoms with E-state index in [-0.39, 0.29) is 10.5 Å².